The van der Waals surface area contributed by atoms with Crippen LogP contribution in [0.4, 0.5) is 5.69 Å². The molecule has 3 rings (SSSR count). The quantitative estimate of drug-likeness (QED) is 0.638. The van der Waals surface area contributed by atoms with E-state index in [1.165, 1.54) is 16.7 Å². The van der Waals surface area contributed by atoms with Crippen LogP contribution >= 0.6 is 23.4 Å². The fraction of sp³-hybridized carbons (Fsp3) is 0.200. The molecule has 2 aromatic rings. The summed E-state index contributed by atoms with van der Waals surface area (Å²) in [5.41, 5.74) is 1.36. The van der Waals surface area contributed by atoms with Gasteiger partial charge in [-0.1, -0.05) is 23.4 Å². The minimum Gasteiger partial charge on any atom is -0.274 e. The number of hydrogen-bond donors (Lipinski definition) is 0. The van der Waals surface area contributed by atoms with E-state index >= 15 is 0 Å². The molecule has 1 atom stereocenters. The summed E-state index contributed by atoms with van der Waals surface area (Å²) in [6.45, 7) is 1.85. The number of aromatic nitrogens is 2. The molecule has 1 aliphatic heterocycles. The number of nitrogens with zero attached hydrogens (tertiary/aromatic N) is 3. The van der Waals surface area contributed by atoms with E-state index < -0.39 is 5.25 Å². The molecular formula is C15H12ClN3O2S. The molecule has 0 saturated carbocycles. The van der Waals surface area contributed by atoms with Crippen molar-refractivity contribution in [2.75, 3.05) is 4.90 Å². The van der Waals surface area contributed by atoms with Crippen LogP contribution in [0.3, 0.4) is 0 Å². The van der Waals surface area contributed by atoms with Gasteiger partial charge in [-0.25, -0.2) is 14.9 Å². The number of halogens is 1. The summed E-state index contributed by atoms with van der Waals surface area (Å²) < 4.78 is 0. The number of benzene rings is 1. The molecule has 0 aliphatic carbocycles. The molecule has 0 radical (unpaired) electrons. The zero-order valence-corrected chi connectivity index (χ0v) is 13.3. The van der Waals surface area contributed by atoms with Crippen LogP contribution in [-0.4, -0.2) is 27.0 Å². The Labute approximate surface area is 136 Å². The van der Waals surface area contributed by atoms with Crippen LogP contribution in [0.5, 0.6) is 0 Å². The van der Waals surface area contributed by atoms with Crippen molar-refractivity contribution in [1.82, 2.24) is 9.97 Å². The highest BCUT2D eigenvalue weighted by molar-refractivity contribution is 8.00. The third-order valence-corrected chi connectivity index (χ3v) is 4.52. The average Bonchev–Trinajstić information content (AvgIpc) is 2.75. The second kappa shape index (κ2) is 6.06. The van der Waals surface area contributed by atoms with Crippen molar-refractivity contribution in [1.29, 1.82) is 0 Å². The highest BCUT2D eigenvalue weighted by atomic mass is 35.5. The van der Waals surface area contributed by atoms with Crippen molar-refractivity contribution < 1.29 is 9.59 Å². The van der Waals surface area contributed by atoms with Gasteiger partial charge in [-0.05, 0) is 37.3 Å². The fourth-order valence-electron chi connectivity index (χ4n) is 2.17. The van der Waals surface area contributed by atoms with Crippen LogP contribution in [-0.2, 0) is 9.59 Å². The van der Waals surface area contributed by atoms with Crippen LogP contribution in [0, 0.1) is 6.92 Å². The summed E-state index contributed by atoms with van der Waals surface area (Å²) in [6.07, 6.45) is 1.78. The number of aryl methyl sites for hydroxylation is 1. The summed E-state index contributed by atoms with van der Waals surface area (Å²) >= 11 is 7.05. The maximum atomic E-state index is 12.5. The molecule has 1 saturated heterocycles. The Morgan fingerprint density at radius 1 is 1.23 bits per heavy atom. The summed E-state index contributed by atoms with van der Waals surface area (Å²) in [5, 5.41) is 0.566. The predicted octanol–water partition coefficient (Wildman–Crippen LogP) is 2.86. The van der Waals surface area contributed by atoms with Gasteiger partial charge in [0.25, 0.3) is 0 Å². The molecule has 0 bridgehead atoms. The molecule has 2 heterocycles. The number of hydrogen-bond acceptors (Lipinski definition) is 5. The number of imide groups is 1. The van der Waals surface area contributed by atoms with Gasteiger partial charge in [0.1, 0.15) is 5.25 Å². The SMILES string of the molecule is Cc1ccnc(SC2CC(=O)N(c3ccc(Cl)cc3)C2=O)n1. The normalized spacial score (nSPS) is 18.1. The van der Waals surface area contributed by atoms with Gasteiger partial charge in [-0.3, -0.25) is 9.59 Å². The van der Waals surface area contributed by atoms with E-state index in [-0.39, 0.29) is 18.2 Å². The molecule has 1 unspecified atom stereocenters. The Balaban J connectivity index is 1.81. The predicted molar refractivity (Wildman–Crippen MR) is 85.0 cm³/mol. The van der Waals surface area contributed by atoms with Gasteiger partial charge < -0.3 is 0 Å². The van der Waals surface area contributed by atoms with Gasteiger partial charge in [0.15, 0.2) is 5.16 Å². The van der Waals surface area contributed by atoms with Gasteiger partial charge in [-0.2, -0.15) is 0 Å². The standard InChI is InChI=1S/C15H12ClN3O2S/c1-9-6-7-17-15(18-9)22-12-8-13(20)19(14(12)21)11-4-2-10(16)3-5-11/h2-7,12H,8H2,1H3. The third kappa shape index (κ3) is 2.98. The Morgan fingerprint density at radius 2 is 1.95 bits per heavy atom. The van der Waals surface area contributed by atoms with Gasteiger partial charge in [-0.15, -0.1) is 0 Å². The van der Waals surface area contributed by atoms with Crippen LogP contribution in [0.25, 0.3) is 0 Å². The first kappa shape index (κ1) is 15.0. The summed E-state index contributed by atoms with van der Waals surface area (Å²) in [7, 11) is 0. The second-order valence-corrected chi connectivity index (χ2v) is 6.44. The number of carbonyl (C=O) groups is 2. The van der Waals surface area contributed by atoms with Crippen LogP contribution in [0.1, 0.15) is 12.1 Å². The monoisotopic (exact) mass is 333 g/mol. The van der Waals surface area contributed by atoms with Gasteiger partial charge in [0, 0.05) is 23.3 Å². The number of amides is 2. The van der Waals surface area contributed by atoms with Crippen LogP contribution in [0.15, 0.2) is 41.7 Å². The largest absolute Gasteiger partial charge is 0.274 e. The maximum absolute atomic E-state index is 12.5. The summed E-state index contributed by atoms with van der Waals surface area (Å²) in [4.78, 5) is 34.2. The average molecular weight is 334 g/mol. The Kier molecular flexibility index (Phi) is 4.13. The molecule has 1 aromatic heterocycles. The molecule has 2 amide bonds. The van der Waals surface area contributed by atoms with Crippen molar-refractivity contribution in [2.24, 2.45) is 0 Å². The van der Waals surface area contributed by atoms with Gasteiger partial charge >= 0.3 is 0 Å². The van der Waals surface area contributed by atoms with E-state index in [1.807, 2.05) is 6.92 Å². The van der Waals surface area contributed by atoms with Crippen molar-refractivity contribution in [2.45, 2.75) is 23.8 Å². The minimum absolute atomic E-state index is 0.142. The highest BCUT2D eigenvalue weighted by Crippen LogP contribution is 2.32. The number of rotatable bonds is 3. The second-order valence-electron chi connectivity index (χ2n) is 4.84. The van der Waals surface area contributed by atoms with E-state index in [0.29, 0.717) is 15.9 Å². The van der Waals surface area contributed by atoms with Crippen molar-refractivity contribution in [3.05, 3.63) is 47.2 Å². The lowest BCUT2D eigenvalue weighted by atomic mass is 10.3. The van der Waals surface area contributed by atoms with Crippen molar-refractivity contribution in [3.63, 3.8) is 0 Å². The summed E-state index contributed by atoms with van der Waals surface area (Å²) in [6, 6.07) is 8.41. The molecular weight excluding hydrogens is 322 g/mol. The topological polar surface area (TPSA) is 63.2 Å². The number of carbonyl (C=O) groups excluding carboxylic acids is 2. The molecule has 1 aliphatic rings. The van der Waals surface area contributed by atoms with Crippen LogP contribution in [0.2, 0.25) is 5.02 Å². The molecule has 7 heteroatoms. The zero-order valence-electron chi connectivity index (χ0n) is 11.7. The number of anilines is 1. The minimum atomic E-state index is -0.495. The van der Waals surface area contributed by atoms with Gasteiger partial charge in [0.2, 0.25) is 11.8 Å². The summed E-state index contributed by atoms with van der Waals surface area (Å²) in [5.74, 6) is -0.472. The fourth-order valence-corrected chi connectivity index (χ4v) is 3.30. The van der Waals surface area contributed by atoms with E-state index in [9.17, 15) is 9.59 Å². The highest BCUT2D eigenvalue weighted by Gasteiger charge is 2.40. The van der Waals surface area contributed by atoms with Crippen molar-refractivity contribution in [3.8, 4) is 0 Å². The third-order valence-electron chi connectivity index (χ3n) is 3.21. The van der Waals surface area contributed by atoms with E-state index in [1.54, 1.807) is 36.5 Å². The lowest BCUT2D eigenvalue weighted by Crippen LogP contribution is -2.31. The molecule has 5 nitrogen and oxygen atoms in total. The first-order valence-corrected chi connectivity index (χ1v) is 7.89. The molecule has 0 spiro atoms. The van der Waals surface area contributed by atoms with Crippen LogP contribution < -0.4 is 4.90 Å². The first-order chi connectivity index (χ1) is 10.5. The molecule has 0 N–H and O–H groups in total. The van der Waals surface area contributed by atoms with Crippen molar-refractivity contribution >= 4 is 40.9 Å². The maximum Gasteiger partial charge on any atom is 0.247 e. The molecule has 22 heavy (non-hydrogen) atoms. The molecule has 1 aromatic carbocycles. The molecule has 112 valence electrons. The van der Waals surface area contributed by atoms with E-state index in [4.69, 9.17) is 11.6 Å². The smallest absolute Gasteiger partial charge is 0.247 e. The Hall–Kier alpha value is -1.92. The Bertz CT molecular complexity index is 736. The van der Waals surface area contributed by atoms with E-state index in [2.05, 4.69) is 9.97 Å². The first-order valence-electron chi connectivity index (χ1n) is 6.63. The van der Waals surface area contributed by atoms with E-state index in [0.717, 1.165) is 5.69 Å². The molecule has 1 fully saturated rings. The lowest BCUT2D eigenvalue weighted by molar-refractivity contribution is -0.121. The van der Waals surface area contributed by atoms with Gasteiger partial charge in [0.05, 0.1) is 5.69 Å². The number of thioether (sulfide) groups is 1. The Morgan fingerprint density at radius 3 is 2.64 bits per heavy atom. The zero-order chi connectivity index (χ0) is 15.7. The lowest BCUT2D eigenvalue weighted by Gasteiger charge is -2.14.